The average molecular weight is 274 g/mol. The second-order valence-corrected chi connectivity index (χ2v) is 4.99. The monoisotopic (exact) mass is 274 g/mol. The lowest BCUT2D eigenvalue weighted by atomic mass is 10.0. The van der Waals surface area contributed by atoms with Gasteiger partial charge < -0.3 is 10.6 Å². The van der Waals surface area contributed by atoms with Crippen molar-refractivity contribution in [3.63, 3.8) is 0 Å². The molecule has 1 saturated heterocycles. The van der Waals surface area contributed by atoms with Crippen LogP contribution in [0, 0.1) is 0 Å². The lowest BCUT2D eigenvalue weighted by Crippen LogP contribution is -2.39. The quantitative estimate of drug-likeness (QED) is 0.799. The van der Waals surface area contributed by atoms with Gasteiger partial charge in [-0.2, -0.15) is 0 Å². The normalized spacial score (nSPS) is 16.6. The molecule has 1 aliphatic rings. The van der Waals surface area contributed by atoms with Crippen LogP contribution < -0.4 is 10.6 Å². The molecule has 1 aromatic rings. The Bertz CT molecular complexity index is 467. The molecular weight excluding hydrogens is 252 g/mol. The van der Waals surface area contributed by atoms with Crippen LogP contribution in [0.2, 0.25) is 0 Å². The molecule has 20 heavy (non-hydrogen) atoms. The molecule has 0 radical (unpaired) electrons. The van der Waals surface area contributed by atoms with Crippen LogP contribution in [0.5, 0.6) is 0 Å². The summed E-state index contributed by atoms with van der Waals surface area (Å²) in [6, 6.07) is 3.94. The third-order valence-corrected chi connectivity index (χ3v) is 3.60. The summed E-state index contributed by atoms with van der Waals surface area (Å²) in [6.45, 7) is 6.81. The van der Waals surface area contributed by atoms with E-state index in [1.807, 2.05) is 6.08 Å². The van der Waals surface area contributed by atoms with Crippen LogP contribution in [0.15, 0.2) is 31.0 Å². The van der Waals surface area contributed by atoms with Gasteiger partial charge in [-0.15, -0.1) is 6.58 Å². The van der Waals surface area contributed by atoms with E-state index < -0.39 is 0 Å². The van der Waals surface area contributed by atoms with Gasteiger partial charge >= 0.3 is 0 Å². The molecule has 5 nitrogen and oxygen atoms in total. The molecule has 0 atom stereocenters. The van der Waals surface area contributed by atoms with Crippen LogP contribution in [0.3, 0.4) is 0 Å². The molecule has 108 valence electrons. The third kappa shape index (κ3) is 3.57. The van der Waals surface area contributed by atoms with Crippen LogP contribution >= 0.6 is 0 Å². The van der Waals surface area contributed by atoms with Gasteiger partial charge in [0.25, 0.3) is 5.91 Å². The number of amides is 1. The fourth-order valence-electron chi connectivity index (χ4n) is 2.47. The molecule has 1 aliphatic heterocycles. The lowest BCUT2D eigenvalue weighted by molar-refractivity contribution is 0.0963. The van der Waals surface area contributed by atoms with Gasteiger partial charge in [0.05, 0.1) is 5.56 Å². The molecule has 1 aromatic heterocycles. The van der Waals surface area contributed by atoms with Crippen molar-refractivity contribution in [2.45, 2.75) is 18.9 Å². The van der Waals surface area contributed by atoms with E-state index >= 15 is 0 Å². The fraction of sp³-hybridized carbons (Fsp3) is 0.467. The van der Waals surface area contributed by atoms with Crippen LogP contribution in [-0.4, -0.2) is 48.5 Å². The van der Waals surface area contributed by atoms with Crippen molar-refractivity contribution >= 4 is 11.7 Å². The minimum atomic E-state index is -0.107. The highest BCUT2D eigenvalue weighted by Gasteiger charge is 2.20. The summed E-state index contributed by atoms with van der Waals surface area (Å²) in [7, 11) is 1.63. The Morgan fingerprint density at radius 3 is 2.95 bits per heavy atom. The number of piperidine rings is 1. The van der Waals surface area contributed by atoms with E-state index in [9.17, 15) is 4.79 Å². The van der Waals surface area contributed by atoms with Crippen molar-refractivity contribution in [1.29, 1.82) is 0 Å². The van der Waals surface area contributed by atoms with Gasteiger partial charge in [0.1, 0.15) is 5.82 Å². The first-order valence-electron chi connectivity index (χ1n) is 7.01. The van der Waals surface area contributed by atoms with Crippen LogP contribution in [-0.2, 0) is 0 Å². The highest BCUT2D eigenvalue weighted by atomic mass is 16.1. The number of anilines is 1. The summed E-state index contributed by atoms with van der Waals surface area (Å²) in [5, 5.41) is 6.05. The Morgan fingerprint density at radius 1 is 1.55 bits per heavy atom. The smallest absolute Gasteiger partial charge is 0.254 e. The van der Waals surface area contributed by atoms with E-state index in [-0.39, 0.29) is 5.91 Å². The van der Waals surface area contributed by atoms with E-state index in [0.717, 1.165) is 32.5 Å². The minimum absolute atomic E-state index is 0.107. The summed E-state index contributed by atoms with van der Waals surface area (Å²) < 4.78 is 0. The van der Waals surface area contributed by atoms with Crippen molar-refractivity contribution in [3.05, 3.63) is 36.5 Å². The second kappa shape index (κ2) is 7.05. The largest absolute Gasteiger partial charge is 0.367 e. The molecule has 1 amide bonds. The Labute approximate surface area is 120 Å². The number of likely N-dealkylation sites (tertiary alicyclic amines) is 1. The third-order valence-electron chi connectivity index (χ3n) is 3.60. The van der Waals surface area contributed by atoms with E-state index in [0.29, 0.717) is 17.4 Å². The van der Waals surface area contributed by atoms with Gasteiger partial charge in [-0.05, 0) is 25.0 Å². The minimum Gasteiger partial charge on any atom is -0.367 e. The topological polar surface area (TPSA) is 57.3 Å². The molecule has 0 aliphatic carbocycles. The molecular formula is C15H22N4O. The summed E-state index contributed by atoms with van der Waals surface area (Å²) in [5.41, 5.74) is 0.600. The van der Waals surface area contributed by atoms with Crippen LogP contribution in [0.25, 0.3) is 0 Å². The molecule has 2 heterocycles. The first-order chi connectivity index (χ1) is 9.74. The predicted molar refractivity (Wildman–Crippen MR) is 80.9 cm³/mol. The molecule has 5 heteroatoms. The van der Waals surface area contributed by atoms with Gasteiger partial charge in [0, 0.05) is 38.9 Å². The number of carbonyl (C=O) groups is 1. The first kappa shape index (κ1) is 14.5. The van der Waals surface area contributed by atoms with Gasteiger partial charge in [-0.1, -0.05) is 6.08 Å². The van der Waals surface area contributed by atoms with Gasteiger partial charge in [0.2, 0.25) is 0 Å². The number of pyridine rings is 1. The van der Waals surface area contributed by atoms with Crippen molar-refractivity contribution in [2.75, 3.05) is 32.0 Å². The van der Waals surface area contributed by atoms with E-state index in [1.54, 1.807) is 25.4 Å². The Hall–Kier alpha value is -1.88. The molecule has 1 fully saturated rings. The number of hydrogen-bond acceptors (Lipinski definition) is 4. The van der Waals surface area contributed by atoms with E-state index in [2.05, 4.69) is 27.1 Å². The number of carbonyl (C=O) groups excluding carboxylic acids is 1. The zero-order valence-corrected chi connectivity index (χ0v) is 11.9. The first-order valence-corrected chi connectivity index (χ1v) is 7.01. The lowest BCUT2D eigenvalue weighted by Gasteiger charge is -2.32. The summed E-state index contributed by atoms with van der Waals surface area (Å²) >= 11 is 0. The molecule has 0 bridgehead atoms. The number of rotatable bonds is 5. The van der Waals surface area contributed by atoms with Crippen molar-refractivity contribution in [2.24, 2.45) is 0 Å². The van der Waals surface area contributed by atoms with Crippen molar-refractivity contribution in [3.8, 4) is 0 Å². The predicted octanol–water partition coefficient (Wildman–Crippen LogP) is 1.50. The van der Waals surface area contributed by atoms with Gasteiger partial charge in [-0.3, -0.25) is 9.69 Å². The summed E-state index contributed by atoms with van der Waals surface area (Å²) in [6.07, 6.45) is 5.76. The van der Waals surface area contributed by atoms with Crippen LogP contribution in [0.1, 0.15) is 23.2 Å². The second-order valence-electron chi connectivity index (χ2n) is 4.99. The van der Waals surface area contributed by atoms with Gasteiger partial charge in [-0.25, -0.2) is 4.98 Å². The Kier molecular flexibility index (Phi) is 5.12. The highest BCUT2D eigenvalue weighted by Crippen LogP contribution is 2.18. The van der Waals surface area contributed by atoms with E-state index in [1.165, 1.54) is 0 Å². The Morgan fingerprint density at radius 2 is 2.30 bits per heavy atom. The standard InChI is InChI=1S/C15H22N4O/c1-3-9-19-10-6-12(7-11-19)18-14-13(15(20)16-2)5-4-8-17-14/h3-5,8,12H,1,6-7,9-11H2,2H3,(H,16,20)(H,17,18). The highest BCUT2D eigenvalue weighted by molar-refractivity contribution is 5.98. The number of aromatic nitrogens is 1. The van der Waals surface area contributed by atoms with Crippen molar-refractivity contribution in [1.82, 2.24) is 15.2 Å². The number of nitrogens with one attached hydrogen (secondary N) is 2. The maximum absolute atomic E-state index is 11.8. The molecule has 2 N–H and O–H groups in total. The summed E-state index contributed by atoms with van der Waals surface area (Å²) in [4.78, 5) is 18.5. The summed E-state index contributed by atoms with van der Waals surface area (Å²) in [5.74, 6) is 0.568. The van der Waals surface area contributed by atoms with Gasteiger partial charge in [0.15, 0.2) is 0 Å². The maximum atomic E-state index is 11.8. The zero-order chi connectivity index (χ0) is 14.4. The molecule has 0 saturated carbocycles. The fourth-order valence-corrected chi connectivity index (χ4v) is 2.47. The molecule has 0 aromatic carbocycles. The van der Waals surface area contributed by atoms with Crippen LogP contribution in [0.4, 0.5) is 5.82 Å². The number of nitrogens with zero attached hydrogens (tertiary/aromatic N) is 2. The maximum Gasteiger partial charge on any atom is 0.254 e. The molecule has 0 unspecified atom stereocenters. The average Bonchev–Trinajstić information content (AvgIpc) is 2.49. The zero-order valence-electron chi connectivity index (χ0n) is 11.9. The van der Waals surface area contributed by atoms with E-state index in [4.69, 9.17) is 0 Å². The molecule has 0 spiro atoms. The van der Waals surface area contributed by atoms with Crippen molar-refractivity contribution < 1.29 is 4.79 Å². The molecule has 2 rings (SSSR count). The SMILES string of the molecule is C=CCN1CCC(Nc2ncccc2C(=O)NC)CC1. The Balaban J connectivity index is 1.97. The number of hydrogen-bond donors (Lipinski definition) is 2.